The number of carbonyl (C=O) groups is 1. The SMILES string of the molecule is CN1CCC(=O)CC1.CN1CCC2(CC1)NCCO2.Cc1ccc(S(=O)(=O)N2CCOC23CCN(C)CC3)cc1.O=S=O. The van der Waals surface area contributed by atoms with Gasteiger partial charge in [-0.3, -0.25) is 10.1 Å². The molecule has 0 saturated carbocycles. The van der Waals surface area contributed by atoms with Crippen LogP contribution in [-0.2, 0) is 35.9 Å². The third-order valence-electron chi connectivity index (χ3n) is 8.76. The fourth-order valence-corrected chi connectivity index (χ4v) is 7.60. The van der Waals surface area contributed by atoms with Gasteiger partial charge in [-0.1, -0.05) is 17.7 Å². The highest BCUT2D eigenvalue weighted by Crippen LogP contribution is 2.38. The number of aryl methyl sites for hydroxylation is 1. The van der Waals surface area contributed by atoms with E-state index in [0.29, 0.717) is 23.8 Å². The van der Waals surface area contributed by atoms with Crippen LogP contribution in [0.1, 0.15) is 44.1 Å². The Morgan fingerprint density at radius 3 is 1.77 bits per heavy atom. The van der Waals surface area contributed by atoms with Gasteiger partial charge in [0.1, 0.15) is 17.2 Å². The average Bonchev–Trinajstić information content (AvgIpc) is 3.63. The first-order chi connectivity index (χ1) is 20.4. The summed E-state index contributed by atoms with van der Waals surface area (Å²) in [6, 6.07) is 7.05. The van der Waals surface area contributed by atoms with Crippen molar-refractivity contribution in [3.8, 4) is 0 Å². The van der Waals surface area contributed by atoms with E-state index >= 15 is 0 Å². The van der Waals surface area contributed by atoms with Crippen molar-refractivity contribution in [3.63, 3.8) is 0 Å². The van der Waals surface area contributed by atoms with Crippen molar-refractivity contribution in [2.75, 3.05) is 86.7 Å². The third kappa shape index (κ3) is 10.2. The van der Waals surface area contributed by atoms with Gasteiger partial charge in [-0.25, -0.2) is 8.42 Å². The molecule has 5 aliphatic rings. The van der Waals surface area contributed by atoms with Gasteiger partial charge in [0.2, 0.25) is 10.0 Å². The molecule has 14 heteroatoms. The maximum Gasteiger partial charge on any atom is 0.335 e. The molecule has 2 spiro atoms. The van der Waals surface area contributed by atoms with E-state index in [2.05, 4.69) is 34.1 Å². The Bertz CT molecular complexity index is 1140. The lowest BCUT2D eigenvalue weighted by molar-refractivity contribution is -0.121. The second-order valence-corrected chi connectivity index (χ2v) is 14.0. The first-order valence-electron chi connectivity index (χ1n) is 15.1. The molecule has 1 N–H and O–H groups in total. The number of rotatable bonds is 2. The summed E-state index contributed by atoms with van der Waals surface area (Å²) in [6.07, 6.45) is 5.27. The molecular weight excluding hydrogens is 594 g/mol. The van der Waals surface area contributed by atoms with Crippen LogP contribution in [0.3, 0.4) is 0 Å². The van der Waals surface area contributed by atoms with Crippen molar-refractivity contribution in [2.45, 2.75) is 61.8 Å². The van der Waals surface area contributed by atoms with Gasteiger partial charge in [0.15, 0.2) is 0 Å². The first-order valence-corrected chi connectivity index (χ1v) is 17.2. The lowest BCUT2D eigenvalue weighted by atomic mass is 10.0. The second kappa shape index (κ2) is 16.6. The van der Waals surface area contributed by atoms with E-state index in [4.69, 9.17) is 17.9 Å². The van der Waals surface area contributed by atoms with Crippen molar-refractivity contribution < 1.29 is 31.1 Å². The molecule has 12 nitrogen and oxygen atoms in total. The number of piperidine rings is 3. The molecule has 0 radical (unpaired) electrons. The molecule has 1 aromatic rings. The zero-order chi connectivity index (χ0) is 31.5. The van der Waals surface area contributed by atoms with Crippen LogP contribution in [0.2, 0.25) is 0 Å². The smallest absolute Gasteiger partial charge is 0.335 e. The topological polar surface area (TPSA) is 129 Å². The van der Waals surface area contributed by atoms with E-state index in [-0.39, 0.29) is 5.72 Å². The van der Waals surface area contributed by atoms with E-state index in [1.165, 1.54) is 0 Å². The second-order valence-electron chi connectivity index (χ2n) is 12.0. The van der Waals surface area contributed by atoms with Crippen molar-refractivity contribution in [1.29, 1.82) is 0 Å². The normalized spacial score (nSPS) is 24.3. The van der Waals surface area contributed by atoms with Crippen molar-refractivity contribution in [1.82, 2.24) is 24.3 Å². The van der Waals surface area contributed by atoms with Gasteiger partial charge in [0.25, 0.3) is 0 Å². The quantitative estimate of drug-likeness (QED) is 0.497. The minimum absolute atomic E-state index is 0.0620. The summed E-state index contributed by atoms with van der Waals surface area (Å²) in [4.78, 5) is 17.7. The highest BCUT2D eigenvalue weighted by Gasteiger charge is 2.50. The average molecular weight is 644 g/mol. The predicted octanol–water partition coefficient (Wildman–Crippen LogP) is 1.08. The summed E-state index contributed by atoms with van der Waals surface area (Å²) in [5.74, 6) is 0.420. The molecule has 5 saturated heterocycles. The number of nitrogens with one attached hydrogen (secondary N) is 1. The number of nitrogens with zero attached hydrogens (tertiary/aromatic N) is 4. The summed E-state index contributed by atoms with van der Waals surface area (Å²) in [7, 11) is 2.78. The van der Waals surface area contributed by atoms with Gasteiger partial charge in [-0.05, 0) is 40.2 Å². The van der Waals surface area contributed by atoms with Crippen LogP contribution in [0.25, 0.3) is 0 Å². The van der Waals surface area contributed by atoms with Gasteiger partial charge >= 0.3 is 11.6 Å². The van der Waals surface area contributed by atoms with Crippen molar-refractivity contribution >= 4 is 27.4 Å². The molecule has 0 aliphatic carbocycles. The van der Waals surface area contributed by atoms with E-state index in [1.54, 1.807) is 16.4 Å². The van der Waals surface area contributed by atoms with E-state index in [1.807, 2.05) is 26.1 Å². The standard InChI is InChI=1S/C15H22N2O3S.C8H16N2O.C6H11NO.O2S/c1-13-3-5-14(6-4-13)21(18,19)17-11-12-20-15(17)7-9-16(2)10-8-15;1-10-5-2-8(3-6-10)9-4-7-11-8;1-7-4-2-6(8)3-5-7;1-3-2/h3-6H,7-12H2,1-2H3;9H,2-7H2,1H3;2-5H2,1H3;. The van der Waals surface area contributed by atoms with Crippen LogP contribution in [0.4, 0.5) is 0 Å². The Kier molecular flexibility index (Phi) is 13.9. The molecule has 5 heterocycles. The molecule has 5 aliphatic heterocycles. The number of ketones is 1. The number of likely N-dealkylation sites (tertiary alicyclic amines) is 3. The van der Waals surface area contributed by atoms with Crippen molar-refractivity contribution in [2.24, 2.45) is 0 Å². The predicted molar refractivity (Wildman–Crippen MR) is 165 cm³/mol. The Balaban J connectivity index is 0.000000191. The van der Waals surface area contributed by atoms with Gasteiger partial charge in [-0.2, -0.15) is 12.7 Å². The summed E-state index contributed by atoms with van der Waals surface area (Å²) in [6.45, 7) is 10.8. The number of hydrogen-bond donors (Lipinski definition) is 1. The lowest BCUT2D eigenvalue weighted by Gasteiger charge is -2.41. The number of hydrogen-bond acceptors (Lipinski definition) is 11. The minimum atomic E-state index is -3.49. The van der Waals surface area contributed by atoms with Crippen LogP contribution in [0.5, 0.6) is 0 Å². The summed E-state index contributed by atoms with van der Waals surface area (Å²) >= 11 is -0.750. The number of ether oxygens (including phenoxy) is 2. The number of sulfonamides is 1. The number of Topliss-reactive ketones (excluding diaryl/α,β-unsaturated/α-hetero) is 1. The monoisotopic (exact) mass is 643 g/mol. The Morgan fingerprint density at radius 2 is 1.28 bits per heavy atom. The minimum Gasteiger partial charge on any atom is -0.359 e. The van der Waals surface area contributed by atoms with Crippen LogP contribution in [0.15, 0.2) is 29.2 Å². The Labute approximate surface area is 260 Å². The highest BCUT2D eigenvalue weighted by atomic mass is 32.2. The summed E-state index contributed by atoms with van der Waals surface area (Å²) in [5, 5.41) is 3.44. The molecule has 6 rings (SSSR count). The molecule has 0 bridgehead atoms. The maximum atomic E-state index is 12.9. The molecule has 0 atom stereocenters. The number of benzene rings is 1. The van der Waals surface area contributed by atoms with Crippen LogP contribution < -0.4 is 5.32 Å². The van der Waals surface area contributed by atoms with Crippen LogP contribution in [-0.4, -0.2) is 140 Å². The largest absolute Gasteiger partial charge is 0.359 e. The maximum absolute atomic E-state index is 12.9. The van der Waals surface area contributed by atoms with Gasteiger partial charge in [0, 0.05) is 90.9 Å². The summed E-state index contributed by atoms with van der Waals surface area (Å²) in [5.41, 5.74) is 0.476. The van der Waals surface area contributed by atoms with E-state index in [9.17, 15) is 13.2 Å². The zero-order valence-electron chi connectivity index (χ0n) is 26.1. The molecule has 5 fully saturated rings. The molecule has 1 aromatic carbocycles. The molecule has 244 valence electrons. The molecule has 0 unspecified atom stereocenters. The summed E-state index contributed by atoms with van der Waals surface area (Å²) < 4.78 is 55.6. The number of carbonyl (C=O) groups excluding carboxylic acids is 1. The molecule has 0 amide bonds. The Hall–Kier alpha value is -1.62. The van der Waals surface area contributed by atoms with Gasteiger partial charge in [0.05, 0.1) is 18.1 Å². The molecule has 43 heavy (non-hydrogen) atoms. The fraction of sp³-hybridized carbons (Fsp3) is 0.759. The molecule has 0 aromatic heterocycles. The van der Waals surface area contributed by atoms with Gasteiger partial charge < -0.3 is 24.2 Å². The van der Waals surface area contributed by atoms with Crippen LogP contribution in [0, 0.1) is 6.92 Å². The zero-order valence-corrected chi connectivity index (χ0v) is 27.7. The van der Waals surface area contributed by atoms with Crippen LogP contribution >= 0.6 is 0 Å². The lowest BCUT2D eigenvalue weighted by Crippen LogP contribution is -2.54. The van der Waals surface area contributed by atoms with Gasteiger partial charge in [-0.15, -0.1) is 0 Å². The third-order valence-corrected chi connectivity index (χ3v) is 10.7. The Morgan fingerprint density at radius 1 is 0.767 bits per heavy atom. The van der Waals surface area contributed by atoms with Crippen molar-refractivity contribution in [3.05, 3.63) is 29.8 Å². The fourth-order valence-electron chi connectivity index (χ4n) is 5.88. The van der Waals surface area contributed by atoms with E-state index < -0.39 is 27.3 Å². The molecular formula is C29H49N5O7S2. The first kappa shape index (κ1) is 35.9. The van der Waals surface area contributed by atoms with E-state index in [0.717, 1.165) is 96.5 Å². The highest BCUT2D eigenvalue weighted by molar-refractivity contribution is 7.89.